The van der Waals surface area contributed by atoms with Gasteiger partial charge in [-0.2, -0.15) is 0 Å². The molecule has 2 amide bonds. The maximum Gasteiger partial charge on any atom is 0.221 e. The third-order valence-corrected chi connectivity index (χ3v) is 3.94. The molecule has 1 heterocycles. The highest BCUT2D eigenvalue weighted by Crippen LogP contribution is 2.20. The van der Waals surface area contributed by atoms with Gasteiger partial charge in [0.15, 0.2) is 11.7 Å². The van der Waals surface area contributed by atoms with E-state index < -0.39 is 0 Å². The maximum absolute atomic E-state index is 12.0. The highest BCUT2D eigenvalue weighted by atomic mass is 16.4. The number of amides is 2. The molecule has 0 spiro atoms. The minimum atomic E-state index is -0.113. The van der Waals surface area contributed by atoms with Crippen LogP contribution in [-0.4, -0.2) is 16.8 Å². The highest BCUT2D eigenvalue weighted by molar-refractivity contribution is 5.88. The van der Waals surface area contributed by atoms with Crippen LogP contribution in [0.3, 0.4) is 0 Å². The van der Waals surface area contributed by atoms with Crippen LogP contribution in [0, 0.1) is 0 Å². The second kappa shape index (κ2) is 8.80. The normalized spacial score (nSPS) is 10.4. The van der Waals surface area contributed by atoms with Crippen LogP contribution in [0.1, 0.15) is 24.8 Å². The SMILES string of the molecule is CC(=O)Nc1ccc(CNC(=O)CCc2ncc(-c3ccccc3)o2)cc1. The van der Waals surface area contributed by atoms with Crippen molar-refractivity contribution >= 4 is 17.5 Å². The molecule has 0 radical (unpaired) electrons. The van der Waals surface area contributed by atoms with Gasteiger partial charge in [0.2, 0.25) is 11.8 Å². The summed E-state index contributed by atoms with van der Waals surface area (Å²) >= 11 is 0. The molecule has 6 heteroatoms. The van der Waals surface area contributed by atoms with Crippen molar-refractivity contribution in [1.82, 2.24) is 10.3 Å². The molecule has 0 aliphatic rings. The van der Waals surface area contributed by atoms with Crippen molar-refractivity contribution in [1.29, 1.82) is 0 Å². The number of hydrogen-bond donors (Lipinski definition) is 2. The lowest BCUT2D eigenvalue weighted by Gasteiger charge is -2.06. The van der Waals surface area contributed by atoms with E-state index in [-0.39, 0.29) is 11.8 Å². The van der Waals surface area contributed by atoms with Crippen molar-refractivity contribution in [2.45, 2.75) is 26.3 Å². The minimum absolute atomic E-state index is 0.0691. The first-order chi connectivity index (χ1) is 13.1. The summed E-state index contributed by atoms with van der Waals surface area (Å²) < 4.78 is 5.70. The molecule has 0 bridgehead atoms. The number of carbonyl (C=O) groups excluding carboxylic acids is 2. The van der Waals surface area contributed by atoms with Gasteiger partial charge < -0.3 is 15.1 Å². The number of aromatic nitrogens is 1. The monoisotopic (exact) mass is 363 g/mol. The highest BCUT2D eigenvalue weighted by Gasteiger charge is 2.09. The first-order valence-corrected chi connectivity index (χ1v) is 8.73. The minimum Gasteiger partial charge on any atom is -0.441 e. The van der Waals surface area contributed by atoms with Gasteiger partial charge in [0, 0.05) is 37.6 Å². The average molecular weight is 363 g/mol. The first-order valence-electron chi connectivity index (χ1n) is 8.73. The lowest BCUT2D eigenvalue weighted by Crippen LogP contribution is -2.23. The Kier molecular flexibility index (Phi) is 5.99. The number of hydrogen-bond acceptors (Lipinski definition) is 4. The molecule has 27 heavy (non-hydrogen) atoms. The fraction of sp³-hybridized carbons (Fsp3) is 0.190. The van der Waals surface area contributed by atoms with E-state index >= 15 is 0 Å². The van der Waals surface area contributed by atoms with E-state index in [1.54, 1.807) is 18.3 Å². The fourth-order valence-corrected chi connectivity index (χ4v) is 2.58. The van der Waals surface area contributed by atoms with Crippen LogP contribution in [0.15, 0.2) is 65.2 Å². The van der Waals surface area contributed by atoms with Crippen LogP contribution in [0.5, 0.6) is 0 Å². The summed E-state index contributed by atoms with van der Waals surface area (Å²) in [4.78, 5) is 27.3. The van der Waals surface area contributed by atoms with Crippen LogP contribution < -0.4 is 10.6 Å². The summed E-state index contributed by atoms with van der Waals surface area (Å²) in [6.07, 6.45) is 2.43. The zero-order valence-corrected chi connectivity index (χ0v) is 15.1. The topological polar surface area (TPSA) is 84.2 Å². The predicted molar refractivity (Wildman–Crippen MR) is 103 cm³/mol. The standard InChI is InChI=1S/C21H21N3O3/c1-15(25)24-18-9-7-16(8-10-18)13-22-20(26)11-12-21-23-14-19(27-21)17-5-3-2-4-6-17/h2-10,14H,11-13H2,1H3,(H,22,26)(H,24,25). The summed E-state index contributed by atoms with van der Waals surface area (Å²) in [6, 6.07) is 17.1. The van der Waals surface area contributed by atoms with E-state index in [9.17, 15) is 9.59 Å². The Labute approximate surface area is 157 Å². The number of rotatable bonds is 7. The Bertz CT molecular complexity index is 902. The maximum atomic E-state index is 12.0. The van der Waals surface area contributed by atoms with Gasteiger partial charge in [-0.3, -0.25) is 9.59 Å². The summed E-state index contributed by atoms with van der Waals surface area (Å²) in [5.74, 6) is 1.06. The number of oxazole rings is 1. The Morgan fingerprint density at radius 1 is 1.04 bits per heavy atom. The van der Waals surface area contributed by atoms with Gasteiger partial charge in [0.05, 0.1) is 6.20 Å². The number of anilines is 1. The molecule has 2 aromatic carbocycles. The van der Waals surface area contributed by atoms with E-state index in [1.807, 2.05) is 42.5 Å². The van der Waals surface area contributed by atoms with Gasteiger partial charge in [-0.1, -0.05) is 42.5 Å². The Hall–Kier alpha value is -3.41. The molecule has 2 N–H and O–H groups in total. The quantitative estimate of drug-likeness (QED) is 0.672. The molecular formula is C21H21N3O3. The van der Waals surface area contributed by atoms with E-state index in [0.717, 1.165) is 16.8 Å². The van der Waals surface area contributed by atoms with Gasteiger partial charge in [-0.25, -0.2) is 4.98 Å². The summed E-state index contributed by atoms with van der Waals surface area (Å²) in [7, 11) is 0. The Balaban J connectivity index is 1.45. The number of nitrogens with zero attached hydrogens (tertiary/aromatic N) is 1. The van der Waals surface area contributed by atoms with E-state index in [1.165, 1.54) is 6.92 Å². The zero-order valence-electron chi connectivity index (χ0n) is 15.1. The molecular weight excluding hydrogens is 342 g/mol. The van der Waals surface area contributed by atoms with Crippen molar-refractivity contribution < 1.29 is 14.0 Å². The summed E-state index contributed by atoms with van der Waals surface area (Å²) in [6.45, 7) is 1.89. The molecule has 0 aliphatic heterocycles. The van der Waals surface area contributed by atoms with Gasteiger partial charge in [-0.05, 0) is 17.7 Å². The number of carbonyl (C=O) groups is 2. The molecule has 3 aromatic rings. The molecule has 0 saturated carbocycles. The molecule has 6 nitrogen and oxygen atoms in total. The number of aryl methyl sites for hydroxylation is 1. The summed E-state index contributed by atoms with van der Waals surface area (Å²) in [5.41, 5.74) is 2.65. The number of benzene rings is 2. The van der Waals surface area contributed by atoms with E-state index in [2.05, 4.69) is 15.6 Å². The number of nitrogens with one attached hydrogen (secondary N) is 2. The second-order valence-electron chi connectivity index (χ2n) is 6.14. The molecule has 0 fully saturated rings. The Morgan fingerprint density at radius 2 is 1.78 bits per heavy atom. The van der Waals surface area contributed by atoms with Crippen molar-refractivity contribution in [3.05, 3.63) is 72.2 Å². The molecule has 0 atom stereocenters. The van der Waals surface area contributed by atoms with Gasteiger partial charge in [0.1, 0.15) is 0 Å². The largest absolute Gasteiger partial charge is 0.441 e. The smallest absolute Gasteiger partial charge is 0.221 e. The first kappa shape index (κ1) is 18.4. The van der Waals surface area contributed by atoms with Gasteiger partial charge in [-0.15, -0.1) is 0 Å². The van der Waals surface area contributed by atoms with Crippen molar-refractivity contribution in [2.24, 2.45) is 0 Å². The van der Waals surface area contributed by atoms with Crippen molar-refractivity contribution in [2.75, 3.05) is 5.32 Å². The zero-order chi connectivity index (χ0) is 19.1. The molecule has 0 saturated heterocycles. The van der Waals surface area contributed by atoms with Gasteiger partial charge in [0.25, 0.3) is 0 Å². The summed E-state index contributed by atoms with van der Waals surface area (Å²) in [5, 5.41) is 5.58. The van der Waals surface area contributed by atoms with Crippen LogP contribution in [-0.2, 0) is 22.6 Å². The second-order valence-corrected chi connectivity index (χ2v) is 6.14. The lowest BCUT2D eigenvalue weighted by atomic mass is 10.2. The van der Waals surface area contributed by atoms with Crippen molar-refractivity contribution in [3.63, 3.8) is 0 Å². The Morgan fingerprint density at radius 3 is 2.48 bits per heavy atom. The van der Waals surface area contributed by atoms with Crippen LogP contribution >= 0.6 is 0 Å². The average Bonchev–Trinajstić information content (AvgIpc) is 3.15. The molecule has 0 aliphatic carbocycles. The molecule has 138 valence electrons. The van der Waals surface area contributed by atoms with E-state index in [0.29, 0.717) is 31.0 Å². The molecule has 0 unspecified atom stereocenters. The van der Waals surface area contributed by atoms with Crippen LogP contribution in [0.4, 0.5) is 5.69 Å². The van der Waals surface area contributed by atoms with Crippen molar-refractivity contribution in [3.8, 4) is 11.3 Å². The van der Waals surface area contributed by atoms with Crippen LogP contribution in [0.2, 0.25) is 0 Å². The molecule has 3 rings (SSSR count). The third-order valence-electron chi connectivity index (χ3n) is 3.94. The third kappa shape index (κ3) is 5.54. The van der Waals surface area contributed by atoms with Gasteiger partial charge >= 0.3 is 0 Å². The van der Waals surface area contributed by atoms with Crippen LogP contribution in [0.25, 0.3) is 11.3 Å². The van der Waals surface area contributed by atoms with E-state index in [4.69, 9.17) is 4.42 Å². The molecule has 1 aromatic heterocycles. The lowest BCUT2D eigenvalue weighted by molar-refractivity contribution is -0.121. The fourth-order valence-electron chi connectivity index (χ4n) is 2.58. The predicted octanol–water partition coefficient (Wildman–Crippen LogP) is 3.55.